The van der Waals surface area contributed by atoms with E-state index in [4.69, 9.17) is 4.74 Å². The highest BCUT2D eigenvalue weighted by atomic mass is 16.5. The second-order valence-corrected chi connectivity index (χ2v) is 4.97. The highest BCUT2D eigenvalue weighted by Crippen LogP contribution is 2.36. The maximum Gasteiger partial charge on any atom is 0.343 e. The van der Waals surface area contributed by atoms with Crippen molar-refractivity contribution in [3.8, 4) is 0 Å². The molecule has 0 saturated heterocycles. The molecule has 0 N–H and O–H groups in total. The molecular weight excluding hydrogens is 256 g/mol. The molecule has 2 aliphatic rings. The minimum absolute atomic E-state index is 0.00173. The summed E-state index contributed by atoms with van der Waals surface area (Å²) >= 11 is 0. The van der Waals surface area contributed by atoms with Gasteiger partial charge in [0.1, 0.15) is 5.57 Å². The summed E-state index contributed by atoms with van der Waals surface area (Å²) in [5, 5.41) is 0. The number of rotatable bonds is 2. The second kappa shape index (κ2) is 5.07. The first-order valence-electron chi connectivity index (χ1n) is 6.81. The van der Waals surface area contributed by atoms with E-state index >= 15 is 0 Å². The van der Waals surface area contributed by atoms with Gasteiger partial charge in [-0.05, 0) is 30.5 Å². The Morgan fingerprint density at radius 2 is 2.40 bits per heavy atom. The highest BCUT2D eigenvalue weighted by Gasteiger charge is 2.35. The molecule has 1 unspecified atom stereocenters. The maximum atomic E-state index is 12.2. The van der Waals surface area contributed by atoms with Crippen LogP contribution in [0.25, 0.3) is 0 Å². The predicted octanol–water partition coefficient (Wildman–Crippen LogP) is 1.40. The van der Waals surface area contributed by atoms with E-state index in [9.17, 15) is 9.59 Å². The van der Waals surface area contributed by atoms with Crippen molar-refractivity contribution in [1.29, 1.82) is 0 Å². The van der Waals surface area contributed by atoms with E-state index in [0.29, 0.717) is 6.42 Å². The van der Waals surface area contributed by atoms with Crippen LogP contribution in [0.15, 0.2) is 30.2 Å². The molecule has 1 atom stereocenters. The lowest BCUT2D eigenvalue weighted by Crippen LogP contribution is -2.38. The van der Waals surface area contributed by atoms with Crippen molar-refractivity contribution >= 4 is 11.8 Å². The van der Waals surface area contributed by atoms with Gasteiger partial charge in [-0.15, -0.1) is 0 Å². The highest BCUT2D eigenvalue weighted by molar-refractivity contribution is 6.17. The zero-order valence-corrected chi connectivity index (χ0v) is 11.3. The molecule has 0 bridgehead atoms. The molecule has 0 aliphatic carbocycles. The molecular formula is C15H16N2O3. The molecule has 1 aromatic heterocycles. The third-order valence-electron chi connectivity index (χ3n) is 3.81. The summed E-state index contributed by atoms with van der Waals surface area (Å²) in [6.45, 7) is 2.81. The summed E-state index contributed by atoms with van der Waals surface area (Å²) in [5.74, 6) is -0.672. The van der Waals surface area contributed by atoms with Crippen LogP contribution in [0.3, 0.4) is 0 Å². The summed E-state index contributed by atoms with van der Waals surface area (Å²) in [4.78, 5) is 30.1. The Kier molecular flexibility index (Phi) is 3.26. The number of esters is 1. The third-order valence-corrected chi connectivity index (χ3v) is 3.81. The van der Waals surface area contributed by atoms with Crippen LogP contribution >= 0.6 is 0 Å². The number of hydrogen-bond donors (Lipinski definition) is 0. The average molecular weight is 272 g/mol. The Labute approximate surface area is 117 Å². The molecule has 0 spiro atoms. The molecule has 5 nitrogen and oxygen atoms in total. The molecule has 20 heavy (non-hydrogen) atoms. The number of nitrogens with zero attached hydrogens (tertiary/aromatic N) is 2. The smallest absolute Gasteiger partial charge is 0.343 e. The molecule has 2 aliphatic heterocycles. The van der Waals surface area contributed by atoms with E-state index in [1.807, 2.05) is 12.3 Å². The van der Waals surface area contributed by atoms with Gasteiger partial charge in [0.05, 0.1) is 12.6 Å². The van der Waals surface area contributed by atoms with E-state index in [2.05, 4.69) is 9.88 Å². The number of aromatic nitrogens is 1. The Hall–Kier alpha value is -2.17. The summed E-state index contributed by atoms with van der Waals surface area (Å²) in [7, 11) is 0. The van der Waals surface area contributed by atoms with E-state index in [1.54, 1.807) is 19.3 Å². The first-order valence-corrected chi connectivity index (χ1v) is 6.81. The molecule has 0 amide bonds. The van der Waals surface area contributed by atoms with Crippen molar-refractivity contribution in [2.75, 3.05) is 13.2 Å². The van der Waals surface area contributed by atoms with Crippen molar-refractivity contribution in [1.82, 2.24) is 9.88 Å². The van der Waals surface area contributed by atoms with Crippen LogP contribution in [-0.2, 0) is 20.7 Å². The topological polar surface area (TPSA) is 59.5 Å². The van der Waals surface area contributed by atoms with Crippen LogP contribution in [0.1, 0.15) is 30.5 Å². The van der Waals surface area contributed by atoms with Crippen LogP contribution in [-0.4, -0.2) is 34.8 Å². The number of fused-ring (bicyclic) bond motifs is 3. The molecule has 3 rings (SSSR count). The third kappa shape index (κ3) is 2.09. The molecule has 104 valence electrons. The SMILES string of the molecule is CCOC(=O)C1=CN2CCc3ccncc3C2CC1=O. The van der Waals surface area contributed by atoms with Crippen LogP contribution < -0.4 is 0 Å². The Bertz CT molecular complexity index is 595. The Balaban J connectivity index is 1.93. The van der Waals surface area contributed by atoms with E-state index < -0.39 is 5.97 Å². The summed E-state index contributed by atoms with van der Waals surface area (Å²) in [6.07, 6.45) is 6.46. The summed E-state index contributed by atoms with van der Waals surface area (Å²) < 4.78 is 4.93. The fourth-order valence-electron chi connectivity index (χ4n) is 2.83. The van der Waals surface area contributed by atoms with Crippen LogP contribution in [0.4, 0.5) is 0 Å². The molecule has 3 heterocycles. The summed E-state index contributed by atoms with van der Waals surface area (Å²) in [5.41, 5.74) is 2.49. The molecule has 0 saturated carbocycles. The van der Waals surface area contributed by atoms with Gasteiger partial charge in [-0.1, -0.05) is 0 Å². The lowest BCUT2D eigenvalue weighted by Gasteiger charge is -2.38. The van der Waals surface area contributed by atoms with Crippen molar-refractivity contribution in [2.45, 2.75) is 25.8 Å². The minimum atomic E-state index is -0.520. The first kappa shape index (κ1) is 12.8. The number of Topliss-reactive ketones (excluding diaryl/α,β-unsaturated/α-hetero) is 1. The van der Waals surface area contributed by atoms with Gasteiger partial charge in [0.2, 0.25) is 0 Å². The minimum Gasteiger partial charge on any atom is -0.462 e. The van der Waals surface area contributed by atoms with E-state index in [0.717, 1.165) is 18.5 Å². The van der Waals surface area contributed by atoms with E-state index in [1.165, 1.54) is 5.56 Å². The fourth-order valence-corrected chi connectivity index (χ4v) is 2.83. The Morgan fingerprint density at radius 3 is 3.20 bits per heavy atom. The van der Waals surface area contributed by atoms with Gasteiger partial charge in [-0.3, -0.25) is 9.78 Å². The van der Waals surface area contributed by atoms with Crippen molar-refractivity contribution < 1.29 is 14.3 Å². The number of ether oxygens (including phenoxy) is 1. The largest absolute Gasteiger partial charge is 0.462 e. The molecule has 0 fully saturated rings. The van der Waals surface area contributed by atoms with Gasteiger partial charge in [0, 0.05) is 31.6 Å². The standard InChI is InChI=1S/C15H16N2O3/c1-2-20-15(19)12-9-17-6-4-10-3-5-16-8-11(10)13(17)7-14(12)18/h3,5,8-9,13H,2,4,6-7H2,1H3. The van der Waals surface area contributed by atoms with Gasteiger partial charge >= 0.3 is 5.97 Å². The second-order valence-electron chi connectivity index (χ2n) is 4.97. The molecule has 5 heteroatoms. The van der Waals surface area contributed by atoms with E-state index in [-0.39, 0.29) is 24.0 Å². The average Bonchev–Trinajstić information content (AvgIpc) is 2.46. The molecule has 1 aromatic rings. The Morgan fingerprint density at radius 1 is 1.55 bits per heavy atom. The predicted molar refractivity (Wildman–Crippen MR) is 71.7 cm³/mol. The van der Waals surface area contributed by atoms with Gasteiger partial charge in [-0.25, -0.2) is 4.79 Å². The first-order chi connectivity index (χ1) is 9.70. The lowest BCUT2D eigenvalue weighted by molar-refractivity contribution is -0.140. The summed E-state index contributed by atoms with van der Waals surface area (Å²) in [6, 6.07) is 2.00. The van der Waals surface area contributed by atoms with Crippen molar-refractivity contribution in [3.63, 3.8) is 0 Å². The number of hydrogen-bond acceptors (Lipinski definition) is 5. The molecule has 0 radical (unpaired) electrons. The van der Waals surface area contributed by atoms with Gasteiger partial charge < -0.3 is 9.64 Å². The van der Waals surface area contributed by atoms with Crippen molar-refractivity contribution in [3.05, 3.63) is 41.4 Å². The number of carbonyl (C=O) groups excluding carboxylic acids is 2. The lowest BCUT2D eigenvalue weighted by atomic mass is 9.87. The zero-order chi connectivity index (χ0) is 14.1. The quantitative estimate of drug-likeness (QED) is 0.601. The molecule has 0 aromatic carbocycles. The van der Waals surface area contributed by atoms with Gasteiger partial charge in [-0.2, -0.15) is 0 Å². The van der Waals surface area contributed by atoms with Crippen LogP contribution in [0.5, 0.6) is 0 Å². The maximum absolute atomic E-state index is 12.2. The normalized spacial score (nSPS) is 20.9. The number of carbonyl (C=O) groups is 2. The fraction of sp³-hybridized carbons (Fsp3) is 0.400. The van der Waals surface area contributed by atoms with Crippen LogP contribution in [0, 0.1) is 0 Å². The van der Waals surface area contributed by atoms with Gasteiger partial charge in [0.15, 0.2) is 5.78 Å². The van der Waals surface area contributed by atoms with Crippen molar-refractivity contribution in [2.24, 2.45) is 0 Å². The van der Waals surface area contributed by atoms with Crippen LogP contribution in [0.2, 0.25) is 0 Å². The number of pyridine rings is 1. The monoisotopic (exact) mass is 272 g/mol. The number of ketones is 1. The van der Waals surface area contributed by atoms with Gasteiger partial charge in [0.25, 0.3) is 0 Å². The zero-order valence-electron chi connectivity index (χ0n) is 11.3.